The summed E-state index contributed by atoms with van der Waals surface area (Å²) in [7, 11) is 1.78. The van der Waals surface area contributed by atoms with Gasteiger partial charge < -0.3 is 19.7 Å². The number of aryl methyl sites for hydroxylation is 1. The van der Waals surface area contributed by atoms with E-state index in [9.17, 15) is 14.7 Å². The molecule has 0 bridgehead atoms. The van der Waals surface area contributed by atoms with Gasteiger partial charge in [-0.3, -0.25) is 4.79 Å². The molecule has 6 nitrogen and oxygen atoms in total. The summed E-state index contributed by atoms with van der Waals surface area (Å²) in [5, 5.41) is 11.9. The molecule has 1 aromatic rings. The highest BCUT2D eigenvalue weighted by Gasteiger charge is 2.32. The Morgan fingerprint density at radius 1 is 1.50 bits per heavy atom. The van der Waals surface area contributed by atoms with Crippen molar-refractivity contribution in [2.24, 2.45) is 13.0 Å². The molecular formula is C14H20N2O4. The summed E-state index contributed by atoms with van der Waals surface area (Å²) < 4.78 is 7.05. The Morgan fingerprint density at radius 3 is 2.75 bits per heavy atom. The molecule has 2 N–H and O–H groups in total. The van der Waals surface area contributed by atoms with Crippen molar-refractivity contribution < 1.29 is 19.4 Å². The van der Waals surface area contributed by atoms with Crippen LogP contribution in [0.1, 0.15) is 29.0 Å². The van der Waals surface area contributed by atoms with Crippen LogP contribution in [0.2, 0.25) is 0 Å². The van der Waals surface area contributed by atoms with Crippen LogP contribution in [0, 0.1) is 12.8 Å². The molecule has 1 amide bonds. The first-order chi connectivity index (χ1) is 9.50. The number of nitrogens with one attached hydrogen (secondary N) is 1. The van der Waals surface area contributed by atoms with E-state index in [1.807, 2.05) is 13.0 Å². The lowest BCUT2D eigenvalue weighted by Crippen LogP contribution is -2.48. The number of hydrogen-bond acceptors (Lipinski definition) is 3. The van der Waals surface area contributed by atoms with Gasteiger partial charge in [-0.15, -0.1) is 0 Å². The van der Waals surface area contributed by atoms with Gasteiger partial charge in [0.15, 0.2) is 0 Å². The molecule has 110 valence electrons. The Morgan fingerprint density at radius 2 is 2.25 bits per heavy atom. The quantitative estimate of drug-likeness (QED) is 0.860. The second-order valence-electron chi connectivity index (χ2n) is 5.19. The van der Waals surface area contributed by atoms with Crippen LogP contribution in [0.4, 0.5) is 0 Å². The number of carboxylic acid groups (broad SMARTS) is 1. The summed E-state index contributed by atoms with van der Waals surface area (Å²) in [5.41, 5.74) is 1.41. The normalized spacial score (nSPS) is 20.4. The van der Waals surface area contributed by atoms with E-state index < -0.39 is 12.0 Å². The van der Waals surface area contributed by atoms with Crippen LogP contribution in [-0.4, -0.2) is 40.8 Å². The molecule has 1 aliphatic rings. The molecule has 0 saturated carbocycles. The van der Waals surface area contributed by atoms with Crippen molar-refractivity contribution in [3.8, 4) is 0 Å². The maximum atomic E-state index is 12.2. The van der Waals surface area contributed by atoms with Gasteiger partial charge in [0.2, 0.25) is 0 Å². The van der Waals surface area contributed by atoms with Gasteiger partial charge in [-0.2, -0.15) is 0 Å². The van der Waals surface area contributed by atoms with Crippen LogP contribution in [0.3, 0.4) is 0 Å². The van der Waals surface area contributed by atoms with E-state index >= 15 is 0 Å². The van der Waals surface area contributed by atoms with Crippen molar-refractivity contribution in [2.75, 3.05) is 13.2 Å². The maximum Gasteiger partial charge on any atom is 0.326 e. The van der Waals surface area contributed by atoms with Crippen LogP contribution >= 0.6 is 0 Å². The monoisotopic (exact) mass is 280 g/mol. The molecule has 2 rings (SSSR count). The smallest absolute Gasteiger partial charge is 0.326 e. The van der Waals surface area contributed by atoms with Gasteiger partial charge in [-0.25, -0.2) is 4.79 Å². The Bertz CT molecular complexity index is 503. The van der Waals surface area contributed by atoms with Crippen molar-refractivity contribution in [1.82, 2.24) is 9.88 Å². The summed E-state index contributed by atoms with van der Waals surface area (Å²) in [6, 6.07) is 2.62. The number of carbonyl (C=O) groups excluding carboxylic acids is 1. The Kier molecular flexibility index (Phi) is 4.44. The molecule has 0 aromatic carbocycles. The van der Waals surface area contributed by atoms with E-state index in [2.05, 4.69) is 5.32 Å². The molecule has 1 aliphatic heterocycles. The van der Waals surface area contributed by atoms with Crippen LogP contribution < -0.4 is 5.32 Å². The van der Waals surface area contributed by atoms with E-state index in [-0.39, 0.29) is 11.8 Å². The number of carboxylic acids is 1. The molecular weight excluding hydrogens is 260 g/mol. The van der Waals surface area contributed by atoms with Gasteiger partial charge in [0, 0.05) is 25.3 Å². The first kappa shape index (κ1) is 14.6. The standard InChI is InChI=1S/C14H20N2O4/c1-9-5-6-11(16(9)2)13(17)15-12(14(18)19)10-4-3-7-20-8-10/h5-6,10,12H,3-4,7-8H2,1-2H3,(H,15,17)(H,18,19). The number of ether oxygens (including phenoxy) is 1. The minimum atomic E-state index is -1.01. The summed E-state index contributed by atoms with van der Waals surface area (Å²) in [5.74, 6) is -1.55. The van der Waals surface area contributed by atoms with Gasteiger partial charge in [0.05, 0.1) is 6.61 Å². The first-order valence-corrected chi connectivity index (χ1v) is 6.74. The number of aliphatic carboxylic acids is 1. The molecule has 0 spiro atoms. The van der Waals surface area contributed by atoms with Crippen LogP contribution in [0.5, 0.6) is 0 Å². The van der Waals surface area contributed by atoms with Crippen molar-refractivity contribution in [1.29, 1.82) is 0 Å². The van der Waals surface area contributed by atoms with E-state index in [0.29, 0.717) is 18.9 Å². The zero-order chi connectivity index (χ0) is 14.7. The predicted molar refractivity (Wildman–Crippen MR) is 72.6 cm³/mol. The molecule has 1 aromatic heterocycles. The SMILES string of the molecule is Cc1ccc(C(=O)NC(C(=O)O)C2CCCOC2)n1C. The lowest BCUT2D eigenvalue weighted by atomic mass is 9.93. The van der Waals surface area contributed by atoms with Gasteiger partial charge in [0.1, 0.15) is 11.7 Å². The molecule has 20 heavy (non-hydrogen) atoms. The molecule has 0 aliphatic carbocycles. The molecule has 6 heteroatoms. The van der Waals surface area contributed by atoms with Crippen molar-refractivity contribution in [3.63, 3.8) is 0 Å². The molecule has 1 fully saturated rings. The number of nitrogens with zero attached hydrogens (tertiary/aromatic N) is 1. The van der Waals surface area contributed by atoms with Crippen LogP contribution in [-0.2, 0) is 16.6 Å². The maximum absolute atomic E-state index is 12.2. The van der Waals surface area contributed by atoms with Gasteiger partial charge in [-0.05, 0) is 31.9 Å². The predicted octanol–water partition coefficient (Wildman–Crippen LogP) is 0.943. The molecule has 0 radical (unpaired) electrons. The summed E-state index contributed by atoms with van der Waals surface area (Å²) in [6.07, 6.45) is 1.58. The fourth-order valence-corrected chi connectivity index (χ4v) is 2.47. The van der Waals surface area contributed by atoms with Crippen molar-refractivity contribution in [2.45, 2.75) is 25.8 Å². The van der Waals surface area contributed by atoms with E-state index in [1.165, 1.54) is 0 Å². The van der Waals surface area contributed by atoms with E-state index in [4.69, 9.17) is 4.74 Å². The second kappa shape index (κ2) is 6.09. The third kappa shape index (κ3) is 3.01. The zero-order valence-electron chi connectivity index (χ0n) is 11.8. The number of rotatable bonds is 4. The average molecular weight is 280 g/mol. The highest BCUT2D eigenvalue weighted by molar-refractivity contribution is 5.95. The second-order valence-corrected chi connectivity index (χ2v) is 5.19. The Labute approximate surface area is 117 Å². The summed E-state index contributed by atoms with van der Waals surface area (Å²) in [6.45, 7) is 2.93. The first-order valence-electron chi connectivity index (χ1n) is 6.74. The van der Waals surface area contributed by atoms with Crippen molar-refractivity contribution in [3.05, 3.63) is 23.5 Å². The minimum absolute atomic E-state index is 0.174. The van der Waals surface area contributed by atoms with Crippen LogP contribution in [0.25, 0.3) is 0 Å². The highest BCUT2D eigenvalue weighted by atomic mass is 16.5. The minimum Gasteiger partial charge on any atom is -0.480 e. The number of carbonyl (C=O) groups is 2. The Balaban J connectivity index is 2.09. The van der Waals surface area contributed by atoms with Gasteiger partial charge >= 0.3 is 5.97 Å². The topological polar surface area (TPSA) is 80.6 Å². The highest BCUT2D eigenvalue weighted by Crippen LogP contribution is 2.18. The fraction of sp³-hybridized carbons (Fsp3) is 0.571. The third-order valence-electron chi connectivity index (χ3n) is 3.83. The van der Waals surface area contributed by atoms with Crippen molar-refractivity contribution >= 4 is 11.9 Å². The lowest BCUT2D eigenvalue weighted by Gasteiger charge is -2.28. The van der Waals surface area contributed by atoms with Crippen LogP contribution in [0.15, 0.2) is 12.1 Å². The largest absolute Gasteiger partial charge is 0.480 e. The molecule has 2 unspecified atom stereocenters. The molecule has 2 atom stereocenters. The summed E-state index contributed by atoms with van der Waals surface area (Å²) in [4.78, 5) is 23.6. The average Bonchev–Trinajstić information content (AvgIpc) is 2.77. The van der Waals surface area contributed by atoms with E-state index in [1.54, 1.807) is 17.7 Å². The van der Waals surface area contributed by atoms with Gasteiger partial charge in [0.25, 0.3) is 5.91 Å². The molecule has 1 saturated heterocycles. The van der Waals surface area contributed by atoms with E-state index in [0.717, 1.165) is 18.5 Å². The Hall–Kier alpha value is -1.82. The lowest BCUT2D eigenvalue weighted by molar-refractivity contribution is -0.142. The third-order valence-corrected chi connectivity index (χ3v) is 3.83. The number of amides is 1. The zero-order valence-corrected chi connectivity index (χ0v) is 11.8. The summed E-state index contributed by atoms with van der Waals surface area (Å²) >= 11 is 0. The number of hydrogen-bond donors (Lipinski definition) is 2. The fourth-order valence-electron chi connectivity index (χ4n) is 2.47. The number of aromatic nitrogens is 1. The molecule has 2 heterocycles. The van der Waals surface area contributed by atoms with Gasteiger partial charge in [-0.1, -0.05) is 0 Å².